The highest BCUT2D eigenvalue weighted by Gasteiger charge is 2.34. The second kappa shape index (κ2) is 7.88. The average Bonchev–Trinajstić information content (AvgIpc) is 2.92. The molecule has 136 valence electrons. The van der Waals surface area contributed by atoms with Crippen LogP contribution in [0.15, 0.2) is 37.6 Å². The number of hydrogen-bond donors (Lipinski definition) is 5. The van der Waals surface area contributed by atoms with Gasteiger partial charge in [0, 0.05) is 30.4 Å². The molecule has 2 aromatic rings. The minimum atomic E-state index is -0.811. The summed E-state index contributed by atoms with van der Waals surface area (Å²) in [7, 11) is 0. The minimum Gasteiger partial charge on any atom is -0.394 e. The van der Waals surface area contributed by atoms with Crippen molar-refractivity contribution in [3.8, 4) is 0 Å². The van der Waals surface area contributed by atoms with Crippen LogP contribution in [-0.4, -0.2) is 48.5 Å². The summed E-state index contributed by atoms with van der Waals surface area (Å²) in [6.07, 6.45) is 0.727. The quantitative estimate of drug-likeness (QED) is 0.398. The van der Waals surface area contributed by atoms with Crippen LogP contribution < -0.4 is 22.5 Å². The number of nitrogens with one attached hydrogen (secondary N) is 3. The van der Waals surface area contributed by atoms with Gasteiger partial charge in [-0.25, -0.2) is 9.59 Å². The highest BCUT2D eigenvalue weighted by Crippen LogP contribution is 2.26. The summed E-state index contributed by atoms with van der Waals surface area (Å²) in [6.45, 7) is 1.31. The number of aromatic amines is 3. The molecule has 1 saturated heterocycles. The third-order valence-corrected chi connectivity index (χ3v) is 3.55. The maximum atomic E-state index is 11.4. The molecular weight excluding hydrogens is 336 g/mol. The maximum absolute atomic E-state index is 11.4. The molecule has 25 heavy (non-hydrogen) atoms. The first-order chi connectivity index (χ1) is 11.8. The SMILES string of the molecule is Cc1c[nH]c(=O)[nH]c1=O.O=c1ccn([C@H]2C[C@H](O)[C@@H](CO)O2)c(=O)[nH]1. The summed E-state index contributed by atoms with van der Waals surface area (Å²) in [4.78, 5) is 49.6. The van der Waals surface area contributed by atoms with E-state index in [0.717, 1.165) is 0 Å². The fourth-order valence-corrected chi connectivity index (χ4v) is 2.18. The summed E-state index contributed by atoms with van der Waals surface area (Å²) >= 11 is 0. The second-order valence-corrected chi connectivity index (χ2v) is 5.39. The molecule has 0 aromatic carbocycles. The Bertz CT molecular complexity index is 941. The number of hydrogen-bond acceptors (Lipinski definition) is 7. The Morgan fingerprint density at radius 1 is 1.28 bits per heavy atom. The first-order valence-corrected chi connectivity index (χ1v) is 7.36. The number of aromatic nitrogens is 4. The lowest BCUT2D eigenvalue weighted by molar-refractivity contribution is -0.0459. The molecular formula is C14H18N4O7. The number of aryl methyl sites for hydroxylation is 1. The van der Waals surface area contributed by atoms with E-state index in [1.807, 2.05) is 0 Å². The fraction of sp³-hybridized carbons (Fsp3) is 0.429. The highest BCUT2D eigenvalue weighted by atomic mass is 16.5. The maximum Gasteiger partial charge on any atom is 0.330 e. The molecule has 1 aliphatic heterocycles. The fourth-order valence-electron chi connectivity index (χ4n) is 2.18. The van der Waals surface area contributed by atoms with Gasteiger partial charge in [0.2, 0.25) is 0 Å². The van der Waals surface area contributed by atoms with Gasteiger partial charge in [0.05, 0.1) is 12.7 Å². The normalized spacial score (nSPS) is 22.3. The van der Waals surface area contributed by atoms with E-state index in [4.69, 9.17) is 9.84 Å². The molecule has 0 unspecified atom stereocenters. The van der Waals surface area contributed by atoms with Crippen LogP contribution in [0.25, 0.3) is 0 Å². The number of nitrogens with zero attached hydrogens (tertiary/aromatic N) is 1. The Labute approximate surface area is 139 Å². The smallest absolute Gasteiger partial charge is 0.330 e. The summed E-state index contributed by atoms with van der Waals surface area (Å²) < 4.78 is 6.45. The largest absolute Gasteiger partial charge is 0.394 e. The molecule has 1 fully saturated rings. The summed E-state index contributed by atoms with van der Waals surface area (Å²) in [5.74, 6) is 0. The van der Waals surface area contributed by atoms with Crippen LogP contribution in [-0.2, 0) is 4.74 Å². The summed E-state index contributed by atoms with van der Waals surface area (Å²) in [6, 6.07) is 1.20. The van der Waals surface area contributed by atoms with E-state index in [1.54, 1.807) is 6.92 Å². The zero-order chi connectivity index (χ0) is 18.6. The highest BCUT2D eigenvalue weighted by molar-refractivity contribution is 4.98. The van der Waals surface area contributed by atoms with Gasteiger partial charge in [-0.05, 0) is 6.92 Å². The van der Waals surface area contributed by atoms with E-state index >= 15 is 0 Å². The molecule has 3 atom stereocenters. The number of rotatable bonds is 2. The standard InChI is InChI=1S/C9H12N2O5.C5H6N2O2/c12-4-6-5(13)3-8(16-6)11-2-1-7(14)10-9(11)15;1-3-2-6-5(9)7-4(3)8/h1-2,5-6,8,12-13H,3-4H2,(H,10,14,15);2H,1H3,(H2,6,7,8,9)/t5-,6+,8+;/m0./s1. The zero-order valence-corrected chi connectivity index (χ0v) is 13.3. The van der Waals surface area contributed by atoms with Crippen molar-refractivity contribution in [3.05, 3.63) is 65.7 Å². The third kappa shape index (κ3) is 4.62. The molecule has 3 heterocycles. The third-order valence-electron chi connectivity index (χ3n) is 3.55. The van der Waals surface area contributed by atoms with E-state index in [0.29, 0.717) is 5.56 Å². The van der Waals surface area contributed by atoms with E-state index in [2.05, 4.69) is 15.0 Å². The van der Waals surface area contributed by atoms with Gasteiger partial charge in [-0.15, -0.1) is 0 Å². The molecule has 1 aliphatic rings. The van der Waals surface area contributed by atoms with Crippen LogP contribution in [0.5, 0.6) is 0 Å². The van der Waals surface area contributed by atoms with Crippen molar-refractivity contribution in [3.63, 3.8) is 0 Å². The van der Waals surface area contributed by atoms with Gasteiger partial charge >= 0.3 is 11.4 Å². The monoisotopic (exact) mass is 354 g/mol. The van der Waals surface area contributed by atoms with Gasteiger partial charge in [0.25, 0.3) is 11.1 Å². The van der Waals surface area contributed by atoms with Crippen molar-refractivity contribution in [1.82, 2.24) is 19.5 Å². The zero-order valence-electron chi connectivity index (χ0n) is 13.3. The molecule has 3 rings (SSSR count). The van der Waals surface area contributed by atoms with Gasteiger partial charge in [-0.2, -0.15) is 0 Å². The number of aliphatic hydroxyl groups excluding tert-OH is 2. The molecule has 5 N–H and O–H groups in total. The van der Waals surface area contributed by atoms with E-state index in [1.165, 1.54) is 23.0 Å². The number of aliphatic hydroxyl groups is 2. The summed E-state index contributed by atoms with van der Waals surface area (Å²) in [5.41, 5.74) is -1.37. The Hall–Kier alpha value is -2.76. The number of ether oxygens (including phenoxy) is 1. The van der Waals surface area contributed by atoms with Crippen molar-refractivity contribution in [1.29, 1.82) is 0 Å². The Morgan fingerprint density at radius 2 is 2.00 bits per heavy atom. The Morgan fingerprint density at radius 3 is 2.52 bits per heavy atom. The first kappa shape index (κ1) is 18.6. The molecule has 11 nitrogen and oxygen atoms in total. The van der Waals surface area contributed by atoms with Crippen molar-refractivity contribution < 1.29 is 14.9 Å². The van der Waals surface area contributed by atoms with E-state index in [9.17, 15) is 24.3 Å². The Kier molecular flexibility index (Phi) is 5.85. The molecule has 0 bridgehead atoms. The molecule has 0 spiro atoms. The lowest BCUT2D eigenvalue weighted by Crippen LogP contribution is -2.31. The van der Waals surface area contributed by atoms with E-state index < -0.39 is 35.4 Å². The van der Waals surface area contributed by atoms with Crippen molar-refractivity contribution >= 4 is 0 Å². The molecule has 0 radical (unpaired) electrons. The van der Waals surface area contributed by atoms with Crippen molar-refractivity contribution in [2.45, 2.75) is 31.8 Å². The topological polar surface area (TPSA) is 170 Å². The molecule has 0 aliphatic carbocycles. The lowest BCUT2D eigenvalue weighted by atomic mass is 10.2. The average molecular weight is 354 g/mol. The van der Waals surface area contributed by atoms with Gasteiger partial charge in [-0.1, -0.05) is 0 Å². The molecule has 11 heteroatoms. The van der Waals surface area contributed by atoms with Gasteiger partial charge in [0.1, 0.15) is 12.3 Å². The van der Waals surface area contributed by atoms with Crippen LogP contribution >= 0.6 is 0 Å². The van der Waals surface area contributed by atoms with Gasteiger partial charge in [0.15, 0.2) is 0 Å². The lowest BCUT2D eigenvalue weighted by Gasteiger charge is -2.13. The van der Waals surface area contributed by atoms with Crippen molar-refractivity contribution in [2.24, 2.45) is 0 Å². The van der Waals surface area contributed by atoms with E-state index in [-0.39, 0.29) is 18.6 Å². The predicted molar refractivity (Wildman–Crippen MR) is 85.4 cm³/mol. The van der Waals surface area contributed by atoms with Gasteiger partial charge in [-0.3, -0.25) is 24.1 Å². The van der Waals surface area contributed by atoms with Crippen LogP contribution in [0.4, 0.5) is 0 Å². The van der Waals surface area contributed by atoms with Crippen LogP contribution in [0.1, 0.15) is 18.2 Å². The molecule has 0 saturated carbocycles. The van der Waals surface area contributed by atoms with Gasteiger partial charge < -0.3 is 19.9 Å². The first-order valence-electron chi connectivity index (χ1n) is 7.36. The summed E-state index contributed by atoms with van der Waals surface area (Å²) in [5, 5.41) is 18.4. The molecule has 0 amide bonds. The van der Waals surface area contributed by atoms with Crippen LogP contribution in [0, 0.1) is 6.92 Å². The molecule has 2 aromatic heterocycles. The van der Waals surface area contributed by atoms with Crippen LogP contribution in [0.3, 0.4) is 0 Å². The Balaban J connectivity index is 0.000000212. The predicted octanol–water partition coefficient (Wildman–Crippen LogP) is -2.45. The number of H-pyrrole nitrogens is 3. The second-order valence-electron chi connectivity index (χ2n) is 5.39. The van der Waals surface area contributed by atoms with Crippen molar-refractivity contribution in [2.75, 3.05) is 6.61 Å². The van der Waals surface area contributed by atoms with Crippen LogP contribution in [0.2, 0.25) is 0 Å². The minimum absolute atomic E-state index is 0.206.